The van der Waals surface area contributed by atoms with Crippen molar-refractivity contribution in [1.29, 1.82) is 0 Å². The second-order valence-electron chi connectivity index (χ2n) is 5.17. The first-order chi connectivity index (χ1) is 10.1. The van der Waals surface area contributed by atoms with E-state index in [0.29, 0.717) is 5.56 Å². The summed E-state index contributed by atoms with van der Waals surface area (Å²) in [5.41, 5.74) is 9.24. The van der Waals surface area contributed by atoms with E-state index in [-0.39, 0.29) is 11.1 Å². The van der Waals surface area contributed by atoms with E-state index in [2.05, 4.69) is 13.0 Å². The maximum Gasteiger partial charge on any atom is 0.142 e. The zero-order valence-electron chi connectivity index (χ0n) is 11.6. The molecule has 3 rings (SSSR count). The molecule has 0 aromatic heterocycles. The van der Waals surface area contributed by atoms with E-state index >= 15 is 0 Å². The molecule has 21 heavy (non-hydrogen) atoms. The number of aryl methyl sites for hydroxylation is 1. The van der Waals surface area contributed by atoms with Gasteiger partial charge in [-0.3, -0.25) is 0 Å². The molecular weight excluding hydrogens is 285 g/mol. The van der Waals surface area contributed by atoms with Gasteiger partial charge in [-0.1, -0.05) is 54.1 Å². The molecule has 1 unspecified atom stereocenters. The Balaban J connectivity index is 2.15. The summed E-state index contributed by atoms with van der Waals surface area (Å²) in [5, 5.41) is 2.37. The molecule has 0 heterocycles. The second-order valence-corrected chi connectivity index (χ2v) is 5.58. The molecule has 0 saturated heterocycles. The molecule has 106 valence electrons. The van der Waals surface area contributed by atoms with Gasteiger partial charge in [0, 0.05) is 0 Å². The van der Waals surface area contributed by atoms with E-state index in [0.717, 1.165) is 10.9 Å². The third kappa shape index (κ3) is 2.53. The third-order valence-corrected chi connectivity index (χ3v) is 4.12. The number of hydrogen-bond acceptors (Lipinski definition) is 1. The largest absolute Gasteiger partial charge is 0.320 e. The summed E-state index contributed by atoms with van der Waals surface area (Å²) in [6.45, 7) is 2.07. The smallest absolute Gasteiger partial charge is 0.142 e. The number of halogens is 2. The summed E-state index contributed by atoms with van der Waals surface area (Å²) >= 11 is 5.73. The molecule has 3 aromatic carbocycles. The van der Waals surface area contributed by atoms with Crippen molar-refractivity contribution in [2.24, 2.45) is 5.73 Å². The molecule has 0 saturated carbocycles. The van der Waals surface area contributed by atoms with Gasteiger partial charge < -0.3 is 5.73 Å². The van der Waals surface area contributed by atoms with Crippen molar-refractivity contribution in [2.75, 3.05) is 0 Å². The molecule has 0 radical (unpaired) electrons. The minimum absolute atomic E-state index is 0.111. The predicted molar refractivity (Wildman–Crippen MR) is 86.1 cm³/mol. The normalized spacial score (nSPS) is 12.6. The van der Waals surface area contributed by atoms with Gasteiger partial charge in [0.05, 0.1) is 11.1 Å². The predicted octanol–water partition coefficient (Wildman–Crippen LogP) is 4.99. The van der Waals surface area contributed by atoms with Gasteiger partial charge in [0.15, 0.2) is 0 Å². The Kier molecular flexibility index (Phi) is 3.66. The lowest BCUT2D eigenvalue weighted by molar-refractivity contribution is 0.624. The number of nitrogens with two attached hydrogens (primary N) is 1. The zero-order valence-corrected chi connectivity index (χ0v) is 12.4. The summed E-state index contributed by atoms with van der Waals surface area (Å²) in [6, 6.07) is 16.5. The SMILES string of the molecule is Cc1ccc(C(N)c2ccc(Cl)c(F)c2)c2ccccc12. The van der Waals surface area contributed by atoms with Crippen LogP contribution in [0.15, 0.2) is 54.6 Å². The summed E-state index contributed by atoms with van der Waals surface area (Å²) in [7, 11) is 0. The van der Waals surface area contributed by atoms with Crippen LogP contribution in [0, 0.1) is 12.7 Å². The molecule has 0 amide bonds. The summed E-state index contributed by atoms with van der Waals surface area (Å²) in [4.78, 5) is 0. The van der Waals surface area contributed by atoms with E-state index < -0.39 is 5.82 Å². The van der Waals surface area contributed by atoms with Crippen LogP contribution in [-0.2, 0) is 0 Å². The van der Waals surface area contributed by atoms with Crippen molar-refractivity contribution < 1.29 is 4.39 Å². The standard InChI is InChI=1S/C18H15ClFN/c1-11-6-8-15(14-5-3-2-4-13(11)14)18(21)12-7-9-16(19)17(20)10-12/h2-10,18H,21H2,1H3. The van der Waals surface area contributed by atoms with Crippen molar-refractivity contribution in [1.82, 2.24) is 0 Å². The lowest BCUT2D eigenvalue weighted by Gasteiger charge is -2.16. The molecule has 1 atom stereocenters. The van der Waals surface area contributed by atoms with E-state index in [1.54, 1.807) is 12.1 Å². The molecule has 1 nitrogen and oxygen atoms in total. The van der Waals surface area contributed by atoms with Crippen molar-refractivity contribution in [2.45, 2.75) is 13.0 Å². The number of hydrogen-bond donors (Lipinski definition) is 1. The summed E-state index contributed by atoms with van der Waals surface area (Å²) < 4.78 is 13.6. The van der Waals surface area contributed by atoms with E-state index in [9.17, 15) is 4.39 Å². The van der Waals surface area contributed by atoms with Gasteiger partial charge in [0.25, 0.3) is 0 Å². The van der Waals surface area contributed by atoms with Crippen LogP contribution >= 0.6 is 11.6 Å². The van der Waals surface area contributed by atoms with Crippen molar-refractivity contribution >= 4 is 22.4 Å². The quantitative estimate of drug-likeness (QED) is 0.709. The van der Waals surface area contributed by atoms with E-state index in [4.69, 9.17) is 17.3 Å². The van der Waals surface area contributed by atoms with Gasteiger partial charge in [0.2, 0.25) is 0 Å². The van der Waals surface area contributed by atoms with Gasteiger partial charge in [-0.25, -0.2) is 4.39 Å². The Hall–Kier alpha value is -1.90. The van der Waals surface area contributed by atoms with Crippen molar-refractivity contribution in [3.63, 3.8) is 0 Å². The first kappa shape index (κ1) is 14.1. The van der Waals surface area contributed by atoms with Crippen molar-refractivity contribution in [3.8, 4) is 0 Å². The van der Waals surface area contributed by atoms with Crippen LogP contribution in [0.5, 0.6) is 0 Å². The Morgan fingerprint density at radius 1 is 1.00 bits per heavy atom. The van der Waals surface area contributed by atoms with Crippen LogP contribution < -0.4 is 5.73 Å². The molecule has 0 spiro atoms. The molecule has 0 aliphatic rings. The molecule has 2 N–H and O–H groups in total. The highest BCUT2D eigenvalue weighted by Crippen LogP contribution is 2.30. The minimum Gasteiger partial charge on any atom is -0.320 e. The molecule has 3 heteroatoms. The summed E-state index contributed by atoms with van der Waals surface area (Å²) in [6.07, 6.45) is 0. The highest BCUT2D eigenvalue weighted by Gasteiger charge is 2.14. The molecule has 0 bridgehead atoms. The van der Waals surface area contributed by atoms with Crippen molar-refractivity contribution in [3.05, 3.63) is 82.1 Å². The average Bonchev–Trinajstić information content (AvgIpc) is 2.50. The van der Waals surface area contributed by atoms with E-state index in [1.807, 2.05) is 30.3 Å². The van der Waals surface area contributed by atoms with Gasteiger partial charge in [-0.2, -0.15) is 0 Å². The Labute approximate surface area is 128 Å². The van der Waals surface area contributed by atoms with E-state index in [1.165, 1.54) is 17.0 Å². The van der Waals surface area contributed by atoms with Crippen LogP contribution in [0.3, 0.4) is 0 Å². The van der Waals surface area contributed by atoms with Gasteiger partial charge in [-0.05, 0) is 46.5 Å². The number of fused-ring (bicyclic) bond motifs is 1. The number of benzene rings is 3. The lowest BCUT2D eigenvalue weighted by Crippen LogP contribution is -2.12. The first-order valence-corrected chi connectivity index (χ1v) is 7.14. The first-order valence-electron chi connectivity index (χ1n) is 6.76. The molecule has 0 aliphatic heterocycles. The number of rotatable bonds is 2. The monoisotopic (exact) mass is 299 g/mol. The summed E-state index contributed by atoms with van der Waals surface area (Å²) in [5.74, 6) is -0.443. The van der Waals surface area contributed by atoms with Crippen LogP contribution in [0.4, 0.5) is 4.39 Å². The third-order valence-electron chi connectivity index (χ3n) is 3.81. The lowest BCUT2D eigenvalue weighted by atomic mass is 9.92. The van der Waals surface area contributed by atoms with Gasteiger partial charge in [-0.15, -0.1) is 0 Å². The zero-order chi connectivity index (χ0) is 15.0. The van der Waals surface area contributed by atoms with Crippen LogP contribution in [0.25, 0.3) is 10.8 Å². The Bertz CT molecular complexity index is 813. The minimum atomic E-state index is -0.443. The van der Waals surface area contributed by atoms with Crippen LogP contribution in [-0.4, -0.2) is 0 Å². The molecule has 0 fully saturated rings. The fraction of sp³-hybridized carbons (Fsp3) is 0.111. The maximum atomic E-state index is 13.6. The Morgan fingerprint density at radius 3 is 2.43 bits per heavy atom. The van der Waals surface area contributed by atoms with Crippen LogP contribution in [0.1, 0.15) is 22.7 Å². The average molecular weight is 300 g/mol. The fourth-order valence-electron chi connectivity index (χ4n) is 2.63. The van der Waals surface area contributed by atoms with Crippen LogP contribution in [0.2, 0.25) is 5.02 Å². The highest BCUT2D eigenvalue weighted by molar-refractivity contribution is 6.30. The molecule has 0 aliphatic carbocycles. The maximum absolute atomic E-state index is 13.6. The second kappa shape index (κ2) is 5.47. The van der Waals surface area contributed by atoms with Gasteiger partial charge >= 0.3 is 0 Å². The fourth-order valence-corrected chi connectivity index (χ4v) is 2.75. The Morgan fingerprint density at radius 2 is 1.71 bits per heavy atom. The molecular formula is C18H15ClFN. The topological polar surface area (TPSA) is 26.0 Å². The molecule has 3 aromatic rings. The van der Waals surface area contributed by atoms with Gasteiger partial charge in [0.1, 0.15) is 5.82 Å². The highest BCUT2D eigenvalue weighted by atomic mass is 35.5.